The molecule has 1 aliphatic heterocycles. The molecule has 0 bridgehead atoms. The summed E-state index contributed by atoms with van der Waals surface area (Å²) in [7, 11) is 3.85. The molecule has 1 atom stereocenters. The average Bonchev–Trinajstić information content (AvgIpc) is 3.46. The summed E-state index contributed by atoms with van der Waals surface area (Å²) in [5.41, 5.74) is 2.29. The molecule has 0 spiro atoms. The van der Waals surface area contributed by atoms with E-state index in [1.54, 1.807) is 30.6 Å². The highest BCUT2D eigenvalue weighted by atomic mass is 32.1. The van der Waals surface area contributed by atoms with Crippen LogP contribution in [0.3, 0.4) is 0 Å². The van der Waals surface area contributed by atoms with Crippen molar-refractivity contribution in [3.8, 4) is 5.75 Å². The molecule has 164 valence electrons. The molecule has 2 aromatic heterocycles. The number of nitrogens with one attached hydrogen (secondary N) is 1. The number of methoxy groups -OCH3 is 1. The normalized spacial score (nSPS) is 16.2. The van der Waals surface area contributed by atoms with Gasteiger partial charge in [0.25, 0.3) is 5.91 Å². The lowest BCUT2D eigenvalue weighted by atomic mass is 9.97. The molecular formula is C24H29N3O3S. The molecule has 1 aromatic carbocycles. The molecule has 4 rings (SSSR count). The van der Waals surface area contributed by atoms with E-state index < -0.39 is 0 Å². The summed E-state index contributed by atoms with van der Waals surface area (Å²) in [6, 6.07) is 13.9. The lowest BCUT2D eigenvalue weighted by Crippen LogP contribution is -2.46. The first kappa shape index (κ1) is 21.6. The van der Waals surface area contributed by atoms with E-state index in [9.17, 15) is 4.79 Å². The fourth-order valence-corrected chi connectivity index (χ4v) is 5.01. The zero-order valence-corrected chi connectivity index (χ0v) is 19.1. The van der Waals surface area contributed by atoms with E-state index >= 15 is 0 Å². The Morgan fingerprint density at radius 3 is 2.68 bits per heavy atom. The van der Waals surface area contributed by atoms with E-state index in [1.165, 1.54) is 11.1 Å². The van der Waals surface area contributed by atoms with E-state index in [1.807, 2.05) is 12.1 Å². The second-order valence-corrected chi connectivity index (χ2v) is 8.94. The quantitative estimate of drug-likeness (QED) is 0.587. The Hall–Kier alpha value is -2.61. The molecule has 0 unspecified atom stereocenters. The standard InChI is InChI=1S/C24H29N3O3S/c1-4-19-16-20(24(31-19)25-23(28)21-9-6-14-30-21)22(27-12-10-26(2)11-13-27)17-7-5-8-18(15-17)29-3/h5-9,14-16,22H,4,10-13H2,1-3H3,(H,25,28)/t22-/m1/s1. The number of hydrogen-bond acceptors (Lipinski definition) is 6. The second-order valence-electron chi connectivity index (χ2n) is 7.80. The largest absolute Gasteiger partial charge is 0.497 e. The van der Waals surface area contributed by atoms with Crippen LogP contribution in [0.25, 0.3) is 0 Å². The fraction of sp³-hybridized carbons (Fsp3) is 0.375. The van der Waals surface area contributed by atoms with Gasteiger partial charge in [0.05, 0.1) is 19.4 Å². The van der Waals surface area contributed by atoms with Crippen LogP contribution in [0.4, 0.5) is 5.00 Å². The Labute approximate surface area is 187 Å². The Morgan fingerprint density at radius 1 is 1.19 bits per heavy atom. The van der Waals surface area contributed by atoms with Crippen molar-refractivity contribution < 1.29 is 13.9 Å². The zero-order chi connectivity index (χ0) is 21.8. The number of thiophene rings is 1. The van der Waals surface area contributed by atoms with Crippen LogP contribution < -0.4 is 10.1 Å². The SMILES string of the molecule is CCc1cc([C@@H](c2cccc(OC)c2)N2CCN(C)CC2)c(NC(=O)c2ccco2)s1. The van der Waals surface area contributed by atoms with Gasteiger partial charge in [-0.15, -0.1) is 11.3 Å². The lowest BCUT2D eigenvalue weighted by molar-refractivity contribution is 0.0996. The molecule has 0 saturated carbocycles. The van der Waals surface area contributed by atoms with E-state index in [0.29, 0.717) is 5.76 Å². The van der Waals surface area contributed by atoms with Crippen molar-refractivity contribution >= 4 is 22.2 Å². The van der Waals surface area contributed by atoms with Gasteiger partial charge in [-0.25, -0.2) is 0 Å². The first-order valence-electron chi connectivity index (χ1n) is 10.6. The predicted octanol–water partition coefficient (Wildman–Crippen LogP) is 4.50. The minimum atomic E-state index is -0.224. The molecule has 31 heavy (non-hydrogen) atoms. The summed E-state index contributed by atoms with van der Waals surface area (Å²) >= 11 is 1.64. The molecule has 1 aliphatic rings. The number of hydrogen-bond donors (Lipinski definition) is 1. The van der Waals surface area contributed by atoms with Crippen LogP contribution in [-0.2, 0) is 6.42 Å². The highest BCUT2D eigenvalue weighted by Gasteiger charge is 2.30. The lowest BCUT2D eigenvalue weighted by Gasteiger charge is -2.38. The smallest absolute Gasteiger partial charge is 0.291 e. The molecule has 6 nitrogen and oxygen atoms in total. The highest BCUT2D eigenvalue weighted by Crippen LogP contribution is 2.40. The van der Waals surface area contributed by atoms with E-state index in [-0.39, 0.29) is 11.9 Å². The first-order valence-corrected chi connectivity index (χ1v) is 11.4. The Balaban J connectivity index is 1.74. The van der Waals surface area contributed by atoms with Gasteiger partial charge in [0.15, 0.2) is 5.76 Å². The molecule has 0 aliphatic carbocycles. The number of ether oxygens (including phenoxy) is 1. The van der Waals surface area contributed by atoms with Gasteiger partial charge in [-0.3, -0.25) is 9.69 Å². The van der Waals surface area contributed by atoms with Crippen molar-refractivity contribution in [1.29, 1.82) is 0 Å². The number of aryl methyl sites for hydroxylation is 1. The van der Waals surface area contributed by atoms with E-state index in [0.717, 1.165) is 54.5 Å². The summed E-state index contributed by atoms with van der Waals surface area (Å²) in [5.74, 6) is 0.928. The predicted molar refractivity (Wildman–Crippen MR) is 124 cm³/mol. The third-order valence-electron chi connectivity index (χ3n) is 5.74. The van der Waals surface area contributed by atoms with Crippen LogP contribution in [0.5, 0.6) is 5.75 Å². The Morgan fingerprint density at radius 2 is 2.00 bits per heavy atom. The number of anilines is 1. The van der Waals surface area contributed by atoms with Gasteiger partial charge in [0, 0.05) is 36.6 Å². The number of carbonyl (C=O) groups excluding carboxylic acids is 1. The summed E-state index contributed by atoms with van der Waals surface area (Å²) < 4.78 is 10.8. The van der Waals surface area contributed by atoms with Gasteiger partial charge >= 0.3 is 0 Å². The Kier molecular flexibility index (Phi) is 6.75. The van der Waals surface area contributed by atoms with Gasteiger partial charge in [-0.2, -0.15) is 0 Å². The minimum Gasteiger partial charge on any atom is -0.497 e. The van der Waals surface area contributed by atoms with E-state index in [2.05, 4.69) is 47.3 Å². The van der Waals surface area contributed by atoms with Crippen molar-refractivity contribution in [2.75, 3.05) is 45.7 Å². The van der Waals surface area contributed by atoms with Crippen LogP contribution in [0.2, 0.25) is 0 Å². The third-order valence-corrected chi connectivity index (χ3v) is 6.95. The van der Waals surface area contributed by atoms with Crippen molar-refractivity contribution in [3.05, 3.63) is 70.5 Å². The Bertz CT molecular complexity index is 1010. The molecule has 3 heterocycles. The van der Waals surface area contributed by atoms with Crippen LogP contribution in [0, 0.1) is 0 Å². The van der Waals surface area contributed by atoms with Gasteiger partial charge in [-0.05, 0) is 49.4 Å². The number of rotatable bonds is 7. The molecule has 1 fully saturated rings. The maximum Gasteiger partial charge on any atom is 0.291 e. The molecule has 1 N–H and O–H groups in total. The molecule has 0 radical (unpaired) electrons. The van der Waals surface area contributed by atoms with Crippen LogP contribution in [0.15, 0.2) is 53.1 Å². The van der Waals surface area contributed by atoms with Crippen molar-refractivity contribution in [3.63, 3.8) is 0 Å². The van der Waals surface area contributed by atoms with Crippen molar-refractivity contribution in [1.82, 2.24) is 9.80 Å². The van der Waals surface area contributed by atoms with E-state index in [4.69, 9.17) is 9.15 Å². The molecule has 7 heteroatoms. The zero-order valence-electron chi connectivity index (χ0n) is 18.3. The topological polar surface area (TPSA) is 58.0 Å². The van der Waals surface area contributed by atoms with Gasteiger partial charge in [-0.1, -0.05) is 19.1 Å². The number of likely N-dealkylation sites (N-methyl/N-ethyl adjacent to an activating group) is 1. The molecule has 3 aromatic rings. The first-order chi connectivity index (χ1) is 15.1. The highest BCUT2D eigenvalue weighted by molar-refractivity contribution is 7.16. The van der Waals surface area contributed by atoms with Gasteiger partial charge in [0.2, 0.25) is 0 Å². The number of furan rings is 1. The summed E-state index contributed by atoms with van der Waals surface area (Å²) in [5, 5.41) is 3.99. The summed E-state index contributed by atoms with van der Waals surface area (Å²) in [4.78, 5) is 18.9. The maximum atomic E-state index is 12.8. The van der Waals surface area contributed by atoms with Crippen LogP contribution in [0.1, 0.15) is 39.5 Å². The molecular weight excluding hydrogens is 410 g/mol. The number of carbonyl (C=O) groups is 1. The third kappa shape index (κ3) is 4.84. The molecule has 1 amide bonds. The van der Waals surface area contributed by atoms with Crippen molar-refractivity contribution in [2.24, 2.45) is 0 Å². The monoisotopic (exact) mass is 439 g/mol. The fourth-order valence-electron chi connectivity index (χ4n) is 3.98. The van der Waals surface area contributed by atoms with Gasteiger partial charge < -0.3 is 19.4 Å². The minimum absolute atomic E-state index is 0.0345. The van der Waals surface area contributed by atoms with Gasteiger partial charge in [0.1, 0.15) is 10.8 Å². The summed E-state index contributed by atoms with van der Waals surface area (Å²) in [6.07, 6.45) is 2.44. The van der Waals surface area contributed by atoms with Crippen molar-refractivity contribution in [2.45, 2.75) is 19.4 Å². The average molecular weight is 440 g/mol. The number of amides is 1. The number of nitrogens with zero attached hydrogens (tertiary/aromatic N) is 2. The number of piperazine rings is 1. The maximum absolute atomic E-state index is 12.8. The second kappa shape index (κ2) is 9.68. The van der Waals surface area contributed by atoms with Crippen LogP contribution >= 0.6 is 11.3 Å². The van der Waals surface area contributed by atoms with Crippen LogP contribution in [-0.4, -0.2) is 56.0 Å². The molecule has 1 saturated heterocycles. The number of benzene rings is 1. The summed E-state index contributed by atoms with van der Waals surface area (Å²) in [6.45, 7) is 6.09.